The molecule has 5 heterocycles. The lowest BCUT2D eigenvalue weighted by Crippen LogP contribution is -2.41. The minimum atomic E-state index is -0.126. The molecule has 1 aromatic carbocycles. The second-order valence-corrected chi connectivity index (χ2v) is 8.95. The lowest BCUT2D eigenvalue weighted by molar-refractivity contribution is 0.445. The van der Waals surface area contributed by atoms with Gasteiger partial charge in [0.2, 0.25) is 5.95 Å². The van der Waals surface area contributed by atoms with Gasteiger partial charge in [0.05, 0.1) is 16.2 Å². The molecule has 0 saturated carbocycles. The van der Waals surface area contributed by atoms with E-state index in [4.69, 9.17) is 16.6 Å². The van der Waals surface area contributed by atoms with Crippen molar-refractivity contribution in [3.05, 3.63) is 33.7 Å². The summed E-state index contributed by atoms with van der Waals surface area (Å²) in [6.45, 7) is 0. The number of fused-ring (bicyclic) bond motifs is 4. The quantitative estimate of drug-likeness (QED) is 0.509. The molecule has 9 nitrogen and oxygen atoms in total. The number of aromatic amines is 1. The molecule has 6 rings (SSSR count). The van der Waals surface area contributed by atoms with Crippen molar-refractivity contribution in [3.8, 4) is 11.3 Å². The SMILES string of the molecule is CN[C@@H]1C[C@@H]2CC[C@H]1N2c1nc2n[nH]c(-c3ccc4nn(C)cc4c3Cl)c2c(=O)n1C. The van der Waals surface area contributed by atoms with Crippen LogP contribution in [0.2, 0.25) is 5.02 Å². The van der Waals surface area contributed by atoms with Gasteiger partial charge in [-0.1, -0.05) is 11.6 Å². The summed E-state index contributed by atoms with van der Waals surface area (Å²) in [5, 5.41) is 17.0. The number of benzene rings is 1. The highest BCUT2D eigenvalue weighted by atomic mass is 35.5. The lowest BCUT2D eigenvalue weighted by Gasteiger charge is -2.26. The van der Waals surface area contributed by atoms with E-state index in [2.05, 4.69) is 25.5 Å². The third-order valence-corrected chi connectivity index (χ3v) is 7.32. The molecule has 2 N–H and O–H groups in total. The maximum atomic E-state index is 13.5. The van der Waals surface area contributed by atoms with Crippen LogP contribution >= 0.6 is 11.6 Å². The van der Waals surface area contributed by atoms with Gasteiger partial charge in [0, 0.05) is 49.4 Å². The van der Waals surface area contributed by atoms with Crippen LogP contribution in [-0.4, -0.2) is 54.7 Å². The van der Waals surface area contributed by atoms with E-state index in [9.17, 15) is 4.79 Å². The fraction of sp³-hybridized carbons (Fsp3) is 0.429. The first-order valence-electron chi connectivity index (χ1n) is 10.5. The molecule has 2 saturated heterocycles. The topological polar surface area (TPSA) is 96.7 Å². The van der Waals surface area contributed by atoms with Crippen molar-refractivity contribution in [1.29, 1.82) is 0 Å². The van der Waals surface area contributed by atoms with Crippen molar-refractivity contribution in [2.45, 2.75) is 37.4 Å². The van der Waals surface area contributed by atoms with Crippen LogP contribution in [0.5, 0.6) is 0 Å². The molecule has 2 fully saturated rings. The van der Waals surface area contributed by atoms with Gasteiger partial charge in [-0.15, -0.1) is 0 Å². The number of halogens is 1. The third kappa shape index (κ3) is 2.53. The molecule has 0 unspecified atom stereocenters. The molecule has 3 aromatic heterocycles. The highest BCUT2D eigenvalue weighted by molar-refractivity contribution is 6.38. The van der Waals surface area contributed by atoms with Gasteiger partial charge in [-0.3, -0.25) is 19.1 Å². The number of H-pyrrole nitrogens is 1. The Labute approximate surface area is 183 Å². The van der Waals surface area contributed by atoms with Crippen LogP contribution in [-0.2, 0) is 14.1 Å². The molecule has 2 aliphatic heterocycles. The van der Waals surface area contributed by atoms with Crippen molar-refractivity contribution in [2.24, 2.45) is 14.1 Å². The number of hydrogen-bond donors (Lipinski definition) is 2. The highest BCUT2D eigenvalue weighted by Crippen LogP contribution is 2.41. The Morgan fingerprint density at radius 1 is 1.26 bits per heavy atom. The van der Waals surface area contributed by atoms with Crippen molar-refractivity contribution < 1.29 is 0 Å². The van der Waals surface area contributed by atoms with E-state index >= 15 is 0 Å². The Morgan fingerprint density at radius 3 is 2.87 bits per heavy atom. The highest BCUT2D eigenvalue weighted by Gasteiger charge is 2.47. The summed E-state index contributed by atoms with van der Waals surface area (Å²) < 4.78 is 3.38. The van der Waals surface area contributed by atoms with Gasteiger partial charge in [-0.25, -0.2) is 0 Å². The zero-order valence-corrected chi connectivity index (χ0v) is 18.3. The van der Waals surface area contributed by atoms with E-state index in [0.717, 1.165) is 30.2 Å². The Morgan fingerprint density at radius 2 is 2.10 bits per heavy atom. The zero-order chi connectivity index (χ0) is 21.4. The van der Waals surface area contributed by atoms with Crippen molar-refractivity contribution in [1.82, 2.24) is 34.8 Å². The Kier molecular flexibility index (Phi) is 3.97. The summed E-state index contributed by atoms with van der Waals surface area (Å²) in [5.41, 5.74) is 2.40. The van der Waals surface area contributed by atoms with Crippen molar-refractivity contribution >= 4 is 39.5 Å². The molecule has 0 amide bonds. The molecule has 4 aromatic rings. The molecule has 10 heteroatoms. The number of nitrogens with zero attached hydrogens (tertiary/aromatic N) is 6. The summed E-state index contributed by atoms with van der Waals surface area (Å²) in [6.07, 6.45) is 5.18. The maximum absolute atomic E-state index is 13.5. The summed E-state index contributed by atoms with van der Waals surface area (Å²) in [6, 6.07) is 4.95. The van der Waals surface area contributed by atoms with Crippen molar-refractivity contribution in [3.63, 3.8) is 0 Å². The van der Waals surface area contributed by atoms with Gasteiger partial charge in [0.1, 0.15) is 5.39 Å². The van der Waals surface area contributed by atoms with E-state index in [1.165, 1.54) is 0 Å². The first-order chi connectivity index (χ1) is 15.0. The van der Waals surface area contributed by atoms with Gasteiger partial charge >= 0.3 is 0 Å². The molecule has 160 valence electrons. The van der Waals surface area contributed by atoms with Gasteiger partial charge in [0.25, 0.3) is 5.56 Å². The average molecular weight is 439 g/mol. The number of rotatable bonds is 3. The summed E-state index contributed by atoms with van der Waals surface area (Å²) in [5.74, 6) is 0.689. The fourth-order valence-electron chi connectivity index (χ4n) is 5.45. The van der Waals surface area contributed by atoms with Crippen LogP contribution in [0.3, 0.4) is 0 Å². The van der Waals surface area contributed by atoms with E-state index in [1.54, 1.807) is 16.3 Å². The molecule has 0 radical (unpaired) electrons. The summed E-state index contributed by atoms with van der Waals surface area (Å²) >= 11 is 6.71. The fourth-order valence-corrected chi connectivity index (χ4v) is 5.76. The lowest BCUT2D eigenvalue weighted by atomic mass is 9.96. The minimum Gasteiger partial charge on any atom is -0.335 e. The molecule has 2 bridgehead atoms. The molecular formula is C21H23ClN8O. The third-order valence-electron chi connectivity index (χ3n) is 6.92. The van der Waals surface area contributed by atoms with Gasteiger partial charge in [-0.05, 0) is 38.4 Å². The predicted molar refractivity (Wildman–Crippen MR) is 121 cm³/mol. The number of aromatic nitrogens is 6. The number of aryl methyl sites for hydroxylation is 1. The number of hydrogen-bond acceptors (Lipinski definition) is 6. The van der Waals surface area contributed by atoms with Crippen molar-refractivity contribution in [2.75, 3.05) is 11.9 Å². The monoisotopic (exact) mass is 438 g/mol. The second kappa shape index (κ2) is 6.54. The van der Waals surface area contributed by atoms with E-state index in [1.807, 2.05) is 32.4 Å². The Hall–Kier alpha value is -2.91. The van der Waals surface area contributed by atoms with Gasteiger partial charge in [0.15, 0.2) is 5.65 Å². The molecular weight excluding hydrogens is 416 g/mol. The van der Waals surface area contributed by atoms with E-state index in [-0.39, 0.29) is 5.56 Å². The standard InChI is InChI=1S/C21H23ClN8O/c1-23-14-8-10-4-7-15(14)30(10)21-24-19-16(20(31)29(21)3)18(25-26-19)11-5-6-13-12(17(11)22)9-28(2)27-13/h5-6,9-10,14-15,23H,4,7-8H2,1-3H3,(H,25,26)/t10-,14+,15+/m0/s1. The number of nitrogens with one attached hydrogen (secondary N) is 2. The molecule has 3 atom stereocenters. The van der Waals surface area contributed by atoms with Gasteiger partial charge < -0.3 is 10.2 Å². The first kappa shape index (κ1) is 18.8. The van der Waals surface area contributed by atoms with Crippen LogP contribution in [0.4, 0.5) is 5.95 Å². The van der Waals surface area contributed by atoms with Crippen LogP contribution in [0.25, 0.3) is 33.2 Å². The largest absolute Gasteiger partial charge is 0.335 e. The number of likely N-dealkylation sites (N-methyl/N-ethyl adjacent to an activating group) is 1. The van der Waals surface area contributed by atoms with Crippen LogP contribution in [0, 0.1) is 0 Å². The molecule has 2 aliphatic rings. The summed E-state index contributed by atoms with van der Waals surface area (Å²) in [7, 11) is 5.65. The summed E-state index contributed by atoms with van der Waals surface area (Å²) in [4.78, 5) is 20.6. The van der Waals surface area contributed by atoms with Crippen LogP contribution in [0.15, 0.2) is 23.1 Å². The maximum Gasteiger partial charge on any atom is 0.266 e. The van der Waals surface area contributed by atoms with Gasteiger partial charge in [-0.2, -0.15) is 15.2 Å². The van der Waals surface area contributed by atoms with E-state index in [0.29, 0.717) is 51.4 Å². The molecule has 0 aliphatic carbocycles. The minimum absolute atomic E-state index is 0.126. The van der Waals surface area contributed by atoms with Crippen LogP contribution in [0.1, 0.15) is 19.3 Å². The smallest absolute Gasteiger partial charge is 0.266 e. The normalized spacial score (nSPS) is 23.0. The first-order valence-corrected chi connectivity index (χ1v) is 10.9. The second-order valence-electron chi connectivity index (χ2n) is 8.57. The van der Waals surface area contributed by atoms with Crippen LogP contribution < -0.4 is 15.8 Å². The Bertz CT molecular complexity index is 1400. The van der Waals surface area contributed by atoms with E-state index < -0.39 is 0 Å². The predicted octanol–water partition coefficient (Wildman–Crippen LogP) is 2.19. The Balaban J connectivity index is 1.52. The molecule has 31 heavy (non-hydrogen) atoms. The number of anilines is 1. The average Bonchev–Trinajstić information content (AvgIpc) is 3.52. The zero-order valence-electron chi connectivity index (χ0n) is 17.6. The molecule has 0 spiro atoms.